The van der Waals surface area contributed by atoms with Gasteiger partial charge in [0.25, 0.3) is 0 Å². The van der Waals surface area contributed by atoms with E-state index in [0.29, 0.717) is 23.6 Å². The molecule has 1 aromatic carbocycles. The smallest absolute Gasteiger partial charge is 0.246 e. The fourth-order valence-electron chi connectivity index (χ4n) is 1.93. The Kier molecular flexibility index (Phi) is 2.83. The van der Waals surface area contributed by atoms with Gasteiger partial charge < -0.3 is 14.8 Å². The van der Waals surface area contributed by atoms with Gasteiger partial charge in [0, 0.05) is 19.4 Å². The number of likely N-dealkylation sites (N-methyl/N-ethyl adjacent to an activating group) is 1. The van der Waals surface area contributed by atoms with E-state index in [4.69, 9.17) is 9.47 Å². The molecule has 1 aliphatic rings. The second-order valence-electron chi connectivity index (χ2n) is 4.67. The summed E-state index contributed by atoms with van der Waals surface area (Å²) in [7, 11) is 1.75. The Labute approximate surface area is 101 Å². The van der Waals surface area contributed by atoms with Crippen molar-refractivity contribution in [2.24, 2.45) is 0 Å². The van der Waals surface area contributed by atoms with Crippen LogP contribution in [0.15, 0.2) is 12.1 Å². The number of carbonyl (C=O) groups is 1. The maximum atomic E-state index is 11.9. The van der Waals surface area contributed by atoms with Crippen LogP contribution in [-0.4, -0.2) is 25.2 Å². The van der Waals surface area contributed by atoms with Crippen LogP contribution in [0.2, 0.25) is 0 Å². The normalized spacial score (nSPS) is 16.0. The van der Waals surface area contributed by atoms with E-state index >= 15 is 0 Å². The molecule has 1 aromatic rings. The van der Waals surface area contributed by atoms with Crippen molar-refractivity contribution in [1.82, 2.24) is 5.32 Å². The maximum Gasteiger partial charge on any atom is 0.246 e. The van der Waals surface area contributed by atoms with Crippen molar-refractivity contribution in [3.63, 3.8) is 0 Å². The molecule has 2 rings (SSSR count). The van der Waals surface area contributed by atoms with Crippen LogP contribution in [-0.2, 0) is 0 Å². The van der Waals surface area contributed by atoms with Gasteiger partial charge in [0.1, 0.15) is 0 Å². The Morgan fingerprint density at radius 3 is 2.47 bits per heavy atom. The van der Waals surface area contributed by atoms with E-state index < -0.39 is 5.79 Å². The predicted octanol–water partition coefficient (Wildman–Crippen LogP) is 1.90. The van der Waals surface area contributed by atoms with E-state index in [1.165, 1.54) is 0 Å². The van der Waals surface area contributed by atoms with Gasteiger partial charge in [0.05, 0.1) is 6.54 Å². The molecule has 0 amide bonds. The molecule has 0 atom stereocenters. The number of Topliss-reactive ketones (excluding diaryl/α,β-unsaturated/α-hetero) is 1. The maximum absolute atomic E-state index is 11.9. The summed E-state index contributed by atoms with van der Waals surface area (Å²) in [4.78, 5) is 11.9. The summed E-state index contributed by atoms with van der Waals surface area (Å²) in [6.45, 7) is 5.91. The van der Waals surface area contributed by atoms with Crippen molar-refractivity contribution in [2.45, 2.75) is 26.6 Å². The zero-order chi connectivity index (χ0) is 12.6. The van der Waals surface area contributed by atoms with Crippen molar-refractivity contribution in [2.75, 3.05) is 13.6 Å². The first kappa shape index (κ1) is 11.9. The SMILES string of the molecule is CNCC(=O)c1cc2c(cc1C)OC(C)(C)O2. The molecule has 0 saturated carbocycles. The van der Waals surface area contributed by atoms with E-state index in [-0.39, 0.29) is 5.78 Å². The lowest BCUT2D eigenvalue weighted by Gasteiger charge is -2.16. The van der Waals surface area contributed by atoms with Gasteiger partial charge in [0.2, 0.25) is 5.79 Å². The van der Waals surface area contributed by atoms with Crippen LogP contribution in [0.4, 0.5) is 0 Å². The highest BCUT2D eigenvalue weighted by atomic mass is 16.7. The monoisotopic (exact) mass is 235 g/mol. The van der Waals surface area contributed by atoms with Gasteiger partial charge >= 0.3 is 0 Å². The minimum absolute atomic E-state index is 0.0566. The first-order chi connectivity index (χ1) is 7.93. The van der Waals surface area contributed by atoms with Crippen LogP contribution in [0.3, 0.4) is 0 Å². The number of hydrogen-bond acceptors (Lipinski definition) is 4. The standard InChI is InChI=1S/C13H17NO3/c1-8-5-11-12(17-13(2,3)16-11)6-9(8)10(15)7-14-4/h5-6,14H,7H2,1-4H3. The topological polar surface area (TPSA) is 47.6 Å². The molecule has 1 heterocycles. The zero-order valence-electron chi connectivity index (χ0n) is 10.6. The number of ketones is 1. The van der Waals surface area contributed by atoms with E-state index in [9.17, 15) is 4.79 Å². The lowest BCUT2D eigenvalue weighted by molar-refractivity contribution is -0.0431. The molecule has 0 unspecified atom stereocenters. The Hall–Kier alpha value is -1.55. The summed E-state index contributed by atoms with van der Waals surface area (Å²) < 4.78 is 11.2. The summed E-state index contributed by atoms with van der Waals surface area (Å²) in [6.07, 6.45) is 0. The molecule has 0 fully saturated rings. The Balaban J connectivity index is 2.37. The number of fused-ring (bicyclic) bond motifs is 1. The van der Waals surface area contributed by atoms with Crippen LogP contribution < -0.4 is 14.8 Å². The summed E-state index contributed by atoms with van der Waals surface area (Å²) in [5.74, 6) is 0.745. The molecule has 0 radical (unpaired) electrons. The first-order valence-electron chi connectivity index (χ1n) is 5.63. The average molecular weight is 235 g/mol. The fraction of sp³-hybridized carbons (Fsp3) is 0.462. The number of hydrogen-bond donors (Lipinski definition) is 1. The van der Waals surface area contributed by atoms with Crippen LogP contribution in [0, 0.1) is 6.92 Å². The fourth-order valence-corrected chi connectivity index (χ4v) is 1.93. The van der Waals surface area contributed by atoms with Gasteiger partial charge in [-0.1, -0.05) is 0 Å². The second kappa shape index (κ2) is 4.04. The van der Waals surface area contributed by atoms with Crippen molar-refractivity contribution < 1.29 is 14.3 Å². The van der Waals surface area contributed by atoms with Crippen molar-refractivity contribution in [3.8, 4) is 11.5 Å². The van der Waals surface area contributed by atoms with Gasteiger partial charge in [-0.05, 0) is 31.7 Å². The third-order valence-corrected chi connectivity index (χ3v) is 2.64. The summed E-state index contributed by atoms with van der Waals surface area (Å²) in [5, 5.41) is 2.86. The summed E-state index contributed by atoms with van der Waals surface area (Å²) in [5.41, 5.74) is 1.59. The van der Waals surface area contributed by atoms with Crippen molar-refractivity contribution in [1.29, 1.82) is 0 Å². The number of aryl methyl sites for hydroxylation is 1. The first-order valence-corrected chi connectivity index (χ1v) is 5.63. The van der Waals surface area contributed by atoms with Gasteiger partial charge in [-0.25, -0.2) is 0 Å². The third-order valence-electron chi connectivity index (χ3n) is 2.64. The van der Waals surface area contributed by atoms with E-state index in [1.54, 1.807) is 13.1 Å². The van der Waals surface area contributed by atoms with Crippen LogP contribution in [0.25, 0.3) is 0 Å². The van der Waals surface area contributed by atoms with Gasteiger partial charge in [0.15, 0.2) is 17.3 Å². The Bertz CT molecular complexity index is 466. The molecule has 0 bridgehead atoms. The minimum Gasteiger partial charge on any atom is -0.449 e. The molecule has 1 aliphatic heterocycles. The lowest BCUT2D eigenvalue weighted by Crippen LogP contribution is -2.29. The third kappa shape index (κ3) is 2.26. The molecule has 1 N–H and O–H groups in total. The molecule has 92 valence electrons. The molecular formula is C13H17NO3. The van der Waals surface area contributed by atoms with Crippen molar-refractivity contribution in [3.05, 3.63) is 23.3 Å². The molecule has 0 aliphatic carbocycles. The van der Waals surface area contributed by atoms with E-state index in [0.717, 1.165) is 5.56 Å². The summed E-state index contributed by atoms with van der Waals surface area (Å²) >= 11 is 0. The van der Waals surface area contributed by atoms with Crippen LogP contribution in [0.5, 0.6) is 11.5 Å². The highest BCUT2D eigenvalue weighted by Crippen LogP contribution is 2.40. The van der Waals surface area contributed by atoms with Gasteiger partial charge in [-0.3, -0.25) is 4.79 Å². The lowest BCUT2D eigenvalue weighted by atomic mass is 10.0. The van der Waals surface area contributed by atoms with Gasteiger partial charge in [-0.2, -0.15) is 0 Å². The average Bonchev–Trinajstić information content (AvgIpc) is 2.50. The molecule has 0 saturated heterocycles. The largest absolute Gasteiger partial charge is 0.449 e. The quantitative estimate of drug-likeness (QED) is 0.813. The zero-order valence-corrected chi connectivity index (χ0v) is 10.6. The molecule has 4 heteroatoms. The highest BCUT2D eigenvalue weighted by molar-refractivity contribution is 5.99. The number of ether oxygens (including phenoxy) is 2. The number of rotatable bonds is 3. The Morgan fingerprint density at radius 2 is 1.88 bits per heavy atom. The number of benzene rings is 1. The van der Waals surface area contributed by atoms with Crippen molar-refractivity contribution >= 4 is 5.78 Å². The number of nitrogens with one attached hydrogen (secondary N) is 1. The summed E-state index contributed by atoms with van der Waals surface area (Å²) in [6, 6.07) is 3.62. The van der Waals surface area contributed by atoms with E-state index in [2.05, 4.69) is 5.32 Å². The minimum atomic E-state index is -0.653. The van der Waals surface area contributed by atoms with Crippen LogP contribution >= 0.6 is 0 Å². The van der Waals surface area contributed by atoms with E-state index in [1.807, 2.05) is 26.8 Å². The molecular weight excluding hydrogens is 218 g/mol. The highest BCUT2D eigenvalue weighted by Gasteiger charge is 2.32. The molecule has 0 spiro atoms. The van der Waals surface area contributed by atoms with Crippen LogP contribution in [0.1, 0.15) is 29.8 Å². The predicted molar refractivity (Wildman–Crippen MR) is 64.8 cm³/mol. The van der Waals surface area contributed by atoms with Gasteiger partial charge in [-0.15, -0.1) is 0 Å². The molecule has 0 aromatic heterocycles. The number of carbonyl (C=O) groups excluding carboxylic acids is 1. The molecule has 4 nitrogen and oxygen atoms in total. The Morgan fingerprint density at radius 1 is 1.29 bits per heavy atom. The second-order valence-corrected chi connectivity index (χ2v) is 4.67. The molecule has 17 heavy (non-hydrogen) atoms.